The number of carbonyl (C=O) groups is 1. The van der Waals surface area contributed by atoms with Gasteiger partial charge in [0.1, 0.15) is 6.61 Å². The van der Waals surface area contributed by atoms with Crippen LogP contribution in [0.1, 0.15) is 16.7 Å². The molecule has 31 heavy (non-hydrogen) atoms. The highest BCUT2D eigenvalue weighted by Gasteiger charge is 2.33. The molecule has 6 heteroatoms. The topological polar surface area (TPSA) is 38.8 Å². The third-order valence-corrected chi connectivity index (χ3v) is 6.08. The molecule has 0 bridgehead atoms. The molecule has 1 saturated heterocycles. The predicted octanol–water partition coefficient (Wildman–Crippen LogP) is 5.99. The maximum atomic E-state index is 13.0. The van der Waals surface area contributed by atoms with Gasteiger partial charge in [-0.1, -0.05) is 72.5 Å². The van der Waals surface area contributed by atoms with Gasteiger partial charge in [0.2, 0.25) is 0 Å². The van der Waals surface area contributed by atoms with E-state index in [2.05, 4.69) is 0 Å². The van der Waals surface area contributed by atoms with E-state index in [1.807, 2.05) is 85.8 Å². The Bertz CT molecular complexity index is 1160. The first-order chi connectivity index (χ1) is 15.0. The van der Waals surface area contributed by atoms with Crippen LogP contribution in [-0.4, -0.2) is 17.3 Å². The number of hydrogen-bond donors (Lipinski definition) is 0. The highest BCUT2D eigenvalue weighted by Crippen LogP contribution is 2.37. The lowest BCUT2D eigenvalue weighted by Crippen LogP contribution is -2.27. The minimum absolute atomic E-state index is 0.121. The van der Waals surface area contributed by atoms with Gasteiger partial charge in [-0.15, -0.1) is 0 Å². The van der Waals surface area contributed by atoms with Crippen molar-refractivity contribution in [3.63, 3.8) is 0 Å². The first-order valence-corrected chi connectivity index (χ1v) is 11.0. The summed E-state index contributed by atoms with van der Waals surface area (Å²) in [5.74, 6) is 1.14. The largest absolute Gasteiger partial charge is 0.493 e. The number of rotatable bonds is 6. The zero-order valence-corrected chi connectivity index (χ0v) is 18.8. The van der Waals surface area contributed by atoms with E-state index in [9.17, 15) is 4.79 Å². The number of thiocarbonyl (C=S) groups is 1. The summed E-state index contributed by atoms with van der Waals surface area (Å²) in [7, 11) is 1.60. The second kappa shape index (κ2) is 9.37. The van der Waals surface area contributed by atoms with E-state index in [4.69, 9.17) is 21.7 Å². The van der Waals surface area contributed by atoms with Crippen molar-refractivity contribution >= 4 is 46.0 Å². The maximum absolute atomic E-state index is 13.0. The number of hydrogen-bond acceptors (Lipinski definition) is 5. The Labute approximate surface area is 191 Å². The maximum Gasteiger partial charge on any atom is 0.270 e. The van der Waals surface area contributed by atoms with Crippen LogP contribution >= 0.6 is 24.0 Å². The lowest BCUT2D eigenvalue weighted by atomic mass is 10.1. The summed E-state index contributed by atoms with van der Waals surface area (Å²) in [6.45, 7) is 2.44. The molecule has 0 aromatic heterocycles. The molecule has 1 heterocycles. The van der Waals surface area contributed by atoms with Crippen molar-refractivity contribution < 1.29 is 14.3 Å². The molecule has 4 nitrogen and oxygen atoms in total. The molecule has 0 N–H and O–H groups in total. The third-order valence-electron chi connectivity index (χ3n) is 4.78. The van der Waals surface area contributed by atoms with Gasteiger partial charge >= 0.3 is 0 Å². The van der Waals surface area contributed by atoms with Crippen LogP contribution in [-0.2, 0) is 11.4 Å². The summed E-state index contributed by atoms with van der Waals surface area (Å²) in [5, 5.41) is 0. The molecule has 4 rings (SSSR count). The number of ether oxygens (including phenoxy) is 2. The van der Waals surface area contributed by atoms with Crippen LogP contribution in [0.25, 0.3) is 6.08 Å². The van der Waals surface area contributed by atoms with Crippen molar-refractivity contribution in [2.75, 3.05) is 12.0 Å². The molecule has 156 valence electrons. The number of carbonyl (C=O) groups excluding carboxylic acids is 1. The molecule has 1 aliphatic heterocycles. The Kier molecular flexibility index (Phi) is 6.39. The van der Waals surface area contributed by atoms with Crippen molar-refractivity contribution in [3.05, 3.63) is 94.4 Å². The van der Waals surface area contributed by atoms with Gasteiger partial charge in [0, 0.05) is 0 Å². The van der Waals surface area contributed by atoms with Gasteiger partial charge in [0.05, 0.1) is 17.7 Å². The second-order valence-electron chi connectivity index (χ2n) is 7.04. The van der Waals surface area contributed by atoms with E-state index in [1.165, 1.54) is 11.8 Å². The third kappa shape index (κ3) is 4.81. The highest BCUT2D eigenvalue weighted by molar-refractivity contribution is 8.27. The SMILES string of the molecule is COc1cc(/C=C2\SC(=S)N(c3cccc(C)c3)C2=O)ccc1OCc1ccccc1. The Morgan fingerprint density at radius 1 is 1.00 bits per heavy atom. The first kappa shape index (κ1) is 21.2. The smallest absolute Gasteiger partial charge is 0.270 e. The molecule has 0 atom stereocenters. The van der Waals surface area contributed by atoms with Crippen molar-refractivity contribution in [3.8, 4) is 11.5 Å². The fourth-order valence-corrected chi connectivity index (χ4v) is 4.54. The van der Waals surface area contributed by atoms with Crippen molar-refractivity contribution in [2.45, 2.75) is 13.5 Å². The van der Waals surface area contributed by atoms with Gasteiger partial charge < -0.3 is 9.47 Å². The van der Waals surface area contributed by atoms with Gasteiger partial charge in [-0.25, -0.2) is 0 Å². The molecule has 3 aromatic carbocycles. The predicted molar refractivity (Wildman–Crippen MR) is 131 cm³/mol. The second-order valence-corrected chi connectivity index (χ2v) is 8.72. The van der Waals surface area contributed by atoms with Crippen molar-refractivity contribution in [1.29, 1.82) is 0 Å². The van der Waals surface area contributed by atoms with E-state index in [1.54, 1.807) is 12.0 Å². The Morgan fingerprint density at radius 2 is 1.81 bits per heavy atom. The normalized spacial score (nSPS) is 14.9. The zero-order valence-electron chi connectivity index (χ0n) is 17.2. The molecular weight excluding hydrogens is 426 g/mol. The Hall–Kier alpha value is -3.09. The minimum atomic E-state index is -0.121. The molecule has 3 aromatic rings. The highest BCUT2D eigenvalue weighted by atomic mass is 32.2. The summed E-state index contributed by atoms with van der Waals surface area (Å²) in [5.41, 5.74) is 3.78. The van der Waals surface area contributed by atoms with E-state index < -0.39 is 0 Å². The van der Waals surface area contributed by atoms with E-state index in [0.717, 1.165) is 22.4 Å². The van der Waals surface area contributed by atoms with Gasteiger partial charge in [-0.3, -0.25) is 9.69 Å². The Balaban J connectivity index is 1.54. The molecule has 1 aliphatic rings. The zero-order chi connectivity index (χ0) is 21.8. The molecule has 1 fully saturated rings. The van der Waals surface area contributed by atoms with Gasteiger partial charge in [-0.05, 0) is 54.0 Å². The van der Waals surface area contributed by atoms with Crippen LogP contribution in [0.4, 0.5) is 5.69 Å². The average molecular weight is 448 g/mol. The number of amides is 1. The monoisotopic (exact) mass is 447 g/mol. The van der Waals surface area contributed by atoms with E-state index >= 15 is 0 Å². The van der Waals surface area contributed by atoms with Crippen molar-refractivity contribution in [2.24, 2.45) is 0 Å². The quantitative estimate of drug-likeness (QED) is 0.343. The number of nitrogens with zero attached hydrogens (tertiary/aromatic N) is 1. The van der Waals surface area contributed by atoms with E-state index in [0.29, 0.717) is 27.3 Å². The summed E-state index contributed by atoms with van der Waals surface area (Å²) in [4.78, 5) is 15.2. The van der Waals surface area contributed by atoms with Crippen LogP contribution in [0.15, 0.2) is 77.7 Å². The summed E-state index contributed by atoms with van der Waals surface area (Å²) < 4.78 is 11.9. The Morgan fingerprint density at radius 3 is 2.55 bits per heavy atom. The van der Waals surface area contributed by atoms with E-state index in [-0.39, 0.29) is 5.91 Å². The van der Waals surface area contributed by atoms with Gasteiger partial charge in [0.15, 0.2) is 15.8 Å². The average Bonchev–Trinajstić information content (AvgIpc) is 3.06. The van der Waals surface area contributed by atoms with Crippen LogP contribution in [0, 0.1) is 6.92 Å². The van der Waals surface area contributed by atoms with Gasteiger partial charge in [-0.2, -0.15) is 0 Å². The molecule has 0 saturated carbocycles. The molecule has 1 amide bonds. The van der Waals surface area contributed by atoms with Crippen LogP contribution < -0.4 is 14.4 Å². The number of aryl methyl sites for hydroxylation is 1. The number of methoxy groups -OCH3 is 1. The molecule has 0 spiro atoms. The molecule has 0 radical (unpaired) electrons. The lowest BCUT2D eigenvalue weighted by molar-refractivity contribution is -0.113. The summed E-state index contributed by atoms with van der Waals surface area (Å²) in [6, 6.07) is 23.3. The standard InChI is InChI=1S/C25H21NO3S2/c1-17-7-6-10-20(13-17)26-24(27)23(31-25(26)30)15-19-11-12-21(22(14-19)28-2)29-16-18-8-4-3-5-9-18/h3-15H,16H2,1-2H3/b23-15-. The summed E-state index contributed by atoms with van der Waals surface area (Å²) >= 11 is 6.77. The van der Waals surface area contributed by atoms with Crippen LogP contribution in [0.5, 0.6) is 11.5 Å². The van der Waals surface area contributed by atoms with Crippen molar-refractivity contribution in [1.82, 2.24) is 0 Å². The molecule has 0 aliphatic carbocycles. The summed E-state index contributed by atoms with van der Waals surface area (Å²) in [6.07, 6.45) is 1.83. The fraction of sp³-hybridized carbons (Fsp3) is 0.120. The fourth-order valence-electron chi connectivity index (χ4n) is 3.24. The number of thioether (sulfide) groups is 1. The number of anilines is 1. The van der Waals surface area contributed by atoms with Gasteiger partial charge in [0.25, 0.3) is 5.91 Å². The molecular formula is C25H21NO3S2. The lowest BCUT2D eigenvalue weighted by Gasteiger charge is -2.14. The minimum Gasteiger partial charge on any atom is -0.493 e. The van der Waals surface area contributed by atoms with Crippen LogP contribution in [0.2, 0.25) is 0 Å². The number of benzene rings is 3. The van der Waals surface area contributed by atoms with Crippen LogP contribution in [0.3, 0.4) is 0 Å². The molecule has 0 unspecified atom stereocenters. The first-order valence-electron chi connectivity index (χ1n) is 9.74.